The molecule has 1 rings (SSSR count). The number of rotatable bonds is 6. The fourth-order valence-corrected chi connectivity index (χ4v) is 2.29. The first-order valence-corrected chi connectivity index (χ1v) is 6.77. The van der Waals surface area contributed by atoms with Gasteiger partial charge in [0.2, 0.25) is 0 Å². The molecule has 0 saturated heterocycles. The van der Waals surface area contributed by atoms with Gasteiger partial charge in [0.1, 0.15) is 5.75 Å². The van der Waals surface area contributed by atoms with Gasteiger partial charge in [0, 0.05) is 5.41 Å². The molecule has 8 heteroatoms. The van der Waals surface area contributed by atoms with Gasteiger partial charge >= 0.3 is 0 Å². The van der Waals surface area contributed by atoms with Crippen molar-refractivity contribution in [1.29, 1.82) is 0 Å². The van der Waals surface area contributed by atoms with E-state index in [1.54, 1.807) is 30.3 Å². The maximum Gasteiger partial charge on any atom is 0.269 e. The third kappa shape index (κ3) is 5.82. The molecule has 2 N–H and O–H groups in total. The summed E-state index contributed by atoms with van der Waals surface area (Å²) in [7, 11) is -4.15. The Morgan fingerprint density at radius 1 is 1.35 bits per heavy atom. The number of benzene rings is 1. The summed E-state index contributed by atoms with van der Waals surface area (Å²) < 4.78 is 34.6. The van der Waals surface area contributed by atoms with Gasteiger partial charge in [-0.15, -0.1) is 4.33 Å². The second kappa shape index (κ2) is 6.74. The summed E-state index contributed by atoms with van der Waals surface area (Å²) in [5, 5.41) is 12.6. The van der Waals surface area contributed by atoms with Gasteiger partial charge in [-0.1, -0.05) is 35.4 Å². The van der Waals surface area contributed by atoms with Crippen molar-refractivity contribution in [3.05, 3.63) is 41.3 Å². The van der Waals surface area contributed by atoms with E-state index in [1.165, 1.54) is 5.41 Å². The highest BCUT2D eigenvalue weighted by Crippen LogP contribution is 2.20. The molecule has 0 radical (unpaired) electrons. The molecule has 6 nitrogen and oxygen atoms in total. The number of hydrogen-bond donors (Lipinski definition) is 2. The predicted octanol–water partition coefficient (Wildman–Crippen LogP) is 1.98. The van der Waals surface area contributed by atoms with Gasteiger partial charge in [0.15, 0.2) is 0 Å². The molecule has 94 valence electrons. The second-order valence-electron chi connectivity index (χ2n) is 2.97. The van der Waals surface area contributed by atoms with Gasteiger partial charge in [-0.2, -0.15) is 8.42 Å². The van der Waals surface area contributed by atoms with E-state index in [9.17, 15) is 8.42 Å². The molecule has 0 unspecified atom stereocenters. The highest BCUT2D eigenvalue weighted by atomic mass is 32.2. The molecule has 0 bridgehead atoms. The van der Waals surface area contributed by atoms with Crippen LogP contribution in [0.2, 0.25) is 0 Å². The zero-order valence-corrected chi connectivity index (χ0v) is 10.1. The smallest absolute Gasteiger partial charge is 0.269 e. The van der Waals surface area contributed by atoms with E-state index in [0.717, 1.165) is 0 Å². The Morgan fingerprint density at radius 2 is 2.00 bits per heavy atom. The monoisotopic (exact) mass is 278 g/mol. The average Bonchev–Trinajstić information content (AvgIpc) is 2.28. The Hall–Kier alpha value is -0.900. The molecule has 0 atom stereocenters. The molecule has 0 amide bonds. The molecule has 0 aliphatic heterocycles. The minimum atomic E-state index is -4.15. The summed E-state index contributed by atoms with van der Waals surface area (Å²) >= 11 is 0.587. The van der Waals surface area contributed by atoms with Gasteiger partial charge in [0.05, 0.1) is 12.0 Å². The van der Waals surface area contributed by atoms with Crippen molar-refractivity contribution in [2.24, 2.45) is 0 Å². The Morgan fingerprint density at radius 3 is 2.53 bits per heavy atom. The van der Waals surface area contributed by atoms with Crippen LogP contribution in [0.15, 0.2) is 35.7 Å². The first-order chi connectivity index (χ1) is 8.03. The topological polar surface area (TPSA) is 93.1 Å². The van der Waals surface area contributed by atoms with Gasteiger partial charge in [-0.3, -0.25) is 4.55 Å². The lowest BCUT2D eigenvalue weighted by Gasteiger charge is -2.05. The maximum atomic E-state index is 10.8. The van der Waals surface area contributed by atoms with Crippen molar-refractivity contribution in [2.75, 3.05) is 5.75 Å². The molecule has 0 spiro atoms. The summed E-state index contributed by atoms with van der Waals surface area (Å²) in [5.74, 6) is -0.557. The molecule has 0 aromatic heterocycles. The third-order valence-corrected chi connectivity index (χ3v) is 2.94. The minimum Gasteiger partial charge on any atom is -0.285 e. The summed E-state index contributed by atoms with van der Waals surface area (Å²) in [6.07, 6.45) is 0. The molecule has 0 heterocycles. The van der Waals surface area contributed by atoms with Gasteiger partial charge in [0.25, 0.3) is 10.1 Å². The van der Waals surface area contributed by atoms with E-state index in [-0.39, 0.29) is 0 Å². The molecule has 0 aliphatic carbocycles. The zero-order valence-electron chi connectivity index (χ0n) is 8.52. The summed E-state index contributed by atoms with van der Waals surface area (Å²) in [6.45, 7) is 0. The van der Waals surface area contributed by atoms with Crippen LogP contribution in [-0.4, -0.2) is 24.0 Å². The summed E-state index contributed by atoms with van der Waals surface area (Å²) in [5.41, 5.74) is 0.925. The van der Waals surface area contributed by atoms with E-state index in [2.05, 4.69) is 9.37 Å². The molecule has 1 aromatic carbocycles. The predicted molar refractivity (Wildman–Crippen MR) is 63.2 cm³/mol. The van der Waals surface area contributed by atoms with E-state index in [4.69, 9.17) is 9.81 Å². The first-order valence-electron chi connectivity index (χ1n) is 4.36. The molecular weight excluding hydrogens is 268 g/mol. The van der Waals surface area contributed by atoms with Crippen molar-refractivity contribution in [2.45, 2.75) is 0 Å². The fourth-order valence-electron chi connectivity index (χ4n) is 1.13. The van der Waals surface area contributed by atoms with Crippen molar-refractivity contribution < 1.29 is 27.6 Å². The minimum absolute atomic E-state index is 0.315. The molecule has 0 fully saturated rings. The zero-order chi connectivity index (χ0) is 12.7. The van der Waals surface area contributed by atoms with Gasteiger partial charge in [-0.25, -0.2) is 5.26 Å². The fraction of sp³-hybridized carbons (Fsp3) is 0.111. The maximum absolute atomic E-state index is 10.8. The summed E-state index contributed by atoms with van der Waals surface area (Å²) in [6, 6.07) is 8.58. The lowest BCUT2D eigenvalue weighted by molar-refractivity contribution is -0.431. The van der Waals surface area contributed by atoms with E-state index < -0.39 is 15.9 Å². The quantitative estimate of drug-likeness (QED) is 0.270. The Kier molecular flexibility index (Phi) is 5.62. The van der Waals surface area contributed by atoms with Crippen LogP contribution in [0.3, 0.4) is 0 Å². The molecule has 0 saturated carbocycles. The van der Waals surface area contributed by atoms with Crippen LogP contribution in [0.4, 0.5) is 0 Å². The van der Waals surface area contributed by atoms with Crippen LogP contribution >= 0.6 is 12.0 Å². The number of hydrogen-bond acceptors (Lipinski definition) is 6. The average molecular weight is 278 g/mol. The second-order valence-corrected chi connectivity index (χ2v) is 4.99. The van der Waals surface area contributed by atoms with Crippen molar-refractivity contribution >= 4 is 27.7 Å². The van der Waals surface area contributed by atoms with Crippen LogP contribution < -0.4 is 0 Å². The van der Waals surface area contributed by atoms with E-state index >= 15 is 0 Å². The summed E-state index contributed by atoms with van der Waals surface area (Å²) in [4.78, 5) is 0. The van der Waals surface area contributed by atoms with Gasteiger partial charge in [-0.05, 0) is 11.1 Å². The Labute approximate surface area is 103 Å². The van der Waals surface area contributed by atoms with Crippen molar-refractivity contribution in [1.82, 2.24) is 0 Å². The van der Waals surface area contributed by atoms with Crippen LogP contribution in [0.1, 0.15) is 5.56 Å². The molecule has 17 heavy (non-hydrogen) atoms. The Bertz CT molecular complexity index is 468. The standard InChI is InChI=1S/C9H10O6S2/c10-14-15-16-6-9(7-17(11,12)13)8-4-2-1-3-5-8/h1-6,10H,7H2,(H,11,12,13)/b9-6-. The van der Waals surface area contributed by atoms with Crippen LogP contribution in [-0.2, 0) is 19.5 Å². The van der Waals surface area contributed by atoms with Crippen LogP contribution in [0.5, 0.6) is 0 Å². The van der Waals surface area contributed by atoms with E-state index in [0.29, 0.717) is 23.2 Å². The van der Waals surface area contributed by atoms with E-state index in [1.807, 2.05) is 0 Å². The van der Waals surface area contributed by atoms with Crippen molar-refractivity contribution in [3.8, 4) is 0 Å². The molecule has 1 aromatic rings. The van der Waals surface area contributed by atoms with Crippen LogP contribution in [0.25, 0.3) is 5.57 Å². The third-order valence-electron chi connectivity index (χ3n) is 1.74. The lowest BCUT2D eigenvalue weighted by atomic mass is 10.1. The van der Waals surface area contributed by atoms with Crippen LogP contribution in [0, 0.1) is 0 Å². The SMILES string of the molecule is O=S(=O)(O)C/C(=C/SOOO)c1ccccc1. The molecular formula is C9H10O6S2. The Balaban J connectivity index is 2.91. The largest absolute Gasteiger partial charge is 0.285 e. The highest BCUT2D eigenvalue weighted by Gasteiger charge is 2.11. The highest BCUT2D eigenvalue weighted by molar-refractivity contribution is 7.97. The van der Waals surface area contributed by atoms with Gasteiger partial charge < -0.3 is 0 Å². The molecule has 0 aliphatic rings. The first kappa shape index (κ1) is 14.2. The lowest BCUT2D eigenvalue weighted by Crippen LogP contribution is -2.05. The normalized spacial score (nSPS) is 12.7. The van der Waals surface area contributed by atoms with Crippen molar-refractivity contribution in [3.63, 3.8) is 0 Å².